The molecule has 0 aliphatic heterocycles. The van der Waals surface area contributed by atoms with Gasteiger partial charge in [0.1, 0.15) is 0 Å². The fourth-order valence-electron chi connectivity index (χ4n) is 1.19. The summed E-state index contributed by atoms with van der Waals surface area (Å²) in [4.78, 5) is 11.4. The Labute approximate surface area is 100.0 Å². The van der Waals surface area contributed by atoms with Crippen LogP contribution in [0.4, 0.5) is 0 Å². The van der Waals surface area contributed by atoms with Crippen LogP contribution in [-0.4, -0.2) is 11.9 Å². The molecule has 1 aromatic rings. The summed E-state index contributed by atoms with van der Waals surface area (Å²) in [6.45, 7) is 0.400. The molecule has 84 valence electrons. The van der Waals surface area contributed by atoms with Gasteiger partial charge in [-0.1, -0.05) is 23.7 Å². The summed E-state index contributed by atoms with van der Waals surface area (Å²) in [6.07, 6.45) is 5.30. The molecule has 1 amide bonds. The van der Waals surface area contributed by atoms with E-state index in [2.05, 4.69) is 11.2 Å². The quantitative estimate of drug-likeness (QED) is 0.775. The van der Waals surface area contributed by atoms with E-state index in [1.807, 2.05) is 12.1 Å². The van der Waals surface area contributed by atoms with Crippen molar-refractivity contribution in [2.75, 3.05) is 0 Å². The van der Waals surface area contributed by atoms with Crippen molar-refractivity contribution in [3.05, 3.63) is 34.9 Å². The van der Waals surface area contributed by atoms with Crippen molar-refractivity contribution in [2.24, 2.45) is 5.73 Å². The largest absolute Gasteiger partial charge is 0.351 e. The molecule has 0 saturated carbocycles. The zero-order valence-corrected chi connectivity index (χ0v) is 9.50. The number of hydrogen-bond donors (Lipinski definition) is 2. The molecule has 1 unspecified atom stereocenters. The number of amides is 1. The van der Waals surface area contributed by atoms with E-state index in [-0.39, 0.29) is 12.3 Å². The van der Waals surface area contributed by atoms with Crippen LogP contribution in [0.15, 0.2) is 24.3 Å². The zero-order chi connectivity index (χ0) is 12.0. The zero-order valence-electron chi connectivity index (χ0n) is 8.74. The predicted octanol–water partition coefficient (Wildman–Crippen LogP) is 1.31. The maximum Gasteiger partial charge on any atom is 0.238 e. The van der Waals surface area contributed by atoms with Crippen molar-refractivity contribution >= 4 is 17.5 Å². The highest BCUT2D eigenvalue weighted by atomic mass is 35.5. The standard InChI is InChI=1S/C12H13ClN2O/c1-2-4-11(14)12(16)15-8-9-5-3-6-10(13)7-9/h1,3,5-7,11H,4,8,14H2,(H,15,16). The third-order valence-electron chi connectivity index (χ3n) is 2.03. The molecule has 16 heavy (non-hydrogen) atoms. The average Bonchev–Trinajstić information content (AvgIpc) is 2.26. The fourth-order valence-corrected chi connectivity index (χ4v) is 1.40. The van der Waals surface area contributed by atoms with Gasteiger partial charge in [-0.3, -0.25) is 4.79 Å². The van der Waals surface area contributed by atoms with Crippen molar-refractivity contribution in [2.45, 2.75) is 19.0 Å². The Morgan fingerprint density at radius 1 is 1.62 bits per heavy atom. The summed E-state index contributed by atoms with van der Waals surface area (Å²) in [7, 11) is 0. The van der Waals surface area contributed by atoms with Crippen LogP contribution in [0, 0.1) is 12.3 Å². The normalized spacial score (nSPS) is 11.6. The molecule has 0 aliphatic carbocycles. The second-order valence-corrected chi connectivity index (χ2v) is 3.80. The molecule has 3 N–H and O–H groups in total. The summed E-state index contributed by atoms with van der Waals surface area (Å²) < 4.78 is 0. The van der Waals surface area contributed by atoms with Crippen LogP contribution in [0.5, 0.6) is 0 Å². The first-order chi connectivity index (χ1) is 7.63. The highest BCUT2D eigenvalue weighted by molar-refractivity contribution is 6.30. The number of hydrogen-bond acceptors (Lipinski definition) is 2. The van der Waals surface area contributed by atoms with Gasteiger partial charge in [0, 0.05) is 18.0 Å². The number of nitrogens with one attached hydrogen (secondary N) is 1. The van der Waals surface area contributed by atoms with E-state index >= 15 is 0 Å². The number of halogens is 1. The maximum absolute atomic E-state index is 11.4. The predicted molar refractivity (Wildman–Crippen MR) is 64.7 cm³/mol. The van der Waals surface area contributed by atoms with Gasteiger partial charge >= 0.3 is 0 Å². The summed E-state index contributed by atoms with van der Waals surface area (Å²) in [5.41, 5.74) is 6.47. The Kier molecular flexibility index (Phi) is 4.84. The van der Waals surface area contributed by atoms with E-state index in [1.165, 1.54) is 0 Å². The molecule has 0 aliphatic rings. The Bertz CT molecular complexity index is 412. The molecule has 4 heteroatoms. The van der Waals surface area contributed by atoms with Crippen LogP contribution < -0.4 is 11.1 Å². The SMILES string of the molecule is C#CCC(N)C(=O)NCc1cccc(Cl)c1. The lowest BCUT2D eigenvalue weighted by molar-refractivity contribution is -0.122. The highest BCUT2D eigenvalue weighted by Gasteiger charge is 2.10. The lowest BCUT2D eigenvalue weighted by Gasteiger charge is -2.09. The summed E-state index contributed by atoms with van der Waals surface area (Å²) in [5, 5.41) is 3.33. The van der Waals surface area contributed by atoms with Crippen LogP contribution in [0.1, 0.15) is 12.0 Å². The maximum atomic E-state index is 11.4. The molecule has 1 rings (SSSR count). The van der Waals surface area contributed by atoms with E-state index in [1.54, 1.807) is 12.1 Å². The monoisotopic (exact) mass is 236 g/mol. The molecular formula is C12H13ClN2O. The highest BCUT2D eigenvalue weighted by Crippen LogP contribution is 2.10. The van der Waals surface area contributed by atoms with Gasteiger partial charge in [0.2, 0.25) is 5.91 Å². The van der Waals surface area contributed by atoms with E-state index in [0.29, 0.717) is 11.6 Å². The molecule has 1 aromatic carbocycles. The van der Waals surface area contributed by atoms with Crippen LogP contribution in [0.3, 0.4) is 0 Å². The van der Waals surface area contributed by atoms with Gasteiger partial charge in [0.25, 0.3) is 0 Å². The topological polar surface area (TPSA) is 55.1 Å². The Morgan fingerprint density at radius 2 is 2.38 bits per heavy atom. The van der Waals surface area contributed by atoms with Crippen molar-refractivity contribution in [3.63, 3.8) is 0 Å². The number of terminal acetylenes is 1. The number of carbonyl (C=O) groups excluding carboxylic acids is 1. The van der Waals surface area contributed by atoms with Crippen molar-refractivity contribution in [1.82, 2.24) is 5.32 Å². The van der Waals surface area contributed by atoms with E-state index < -0.39 is 6.04 Å². The molecule has 0 fully saturated rings. The van der Waals surface area contributed by atoms with E-state index in [0.717, 1.165) is 5.56 Å². The number of carbonyl (C=O) groups is 1. The van der Waals surface area contributed by atoms with Crippen LogP contribution >= 0.6 is 11.6 Å². The molecule has 0 aromatic heterocycles. The van der Waals surface area contributed by atoms with Gasteiger partial charge < -0.3 is 11.1 Å². The van der Waals surface area contributed by atoms with Gasteiger partial charge in [0.05, 0.1) is 6.04 Å². The lowest BCUT2D eigenvalue weighted by atomic mass is 10.2. The molecule has 0 bridgehead atoms. The first-order valence-electron chi connectivity index (χ1n) is 4.84. The fraction of sp³-hybridized carbons (Fsp3) is 0.250. The third-order valence-corrected chi connectivity index (χ3v) is 2.27. The molecule has 0 spiro atoms. The van der Waals surface area contributed by atoms with Crippen LogP contribution in [-0.2, 0) is 11.3 Å². The average molecular weight is 237 g/mol. The third kappa shape index (κ3) is 3.93. The van der Waals surface area contributed by atoms with Gasteiger partial charge in [-0.05, 0) is 17.7 Å². The molecule has 0 radical (unpaired) electrons. The van der Waals surface area contributed by atoms with Crippen molar-refractivity contribution in [3.8, 4) is 12.3 Å². The van der Waals surface area contributed by atoms with E-state index in [4.69, 9.17) is 23.8 Å². The Morgan fingerprint density at radius 3 is 3.00 bits per heavy atom. The van der Waals surface area contributed by atoms with Gasteiger partial charge in [0.15, 0.2) is 0 Å². The molecule has 3 nitrogen and oxygen atoms in total. The lowest BCUT2D eigenvalue weighted by Crippen LogP contribution is -2.39. The Hall–Kier alpha value is -1.50. The van der Waals surface area contributed by atoms with E-state index in [9.17, 15) is 4.79 Å². The second-order valence-electron chi connectivity index (χ2n) is 3.36. The minimum absolute atomic E-state index is 0.237. The molecule has 0 heterocycles. The first kappa shape index (κ1) is 12.6. The first-order valence-corrected chi connectivity index (χ1v) is 5.22. The second kappa shape index (κ2) is 6.16. The minimum atomic E-state index is -0.649. The molecule has 1 atom stereocenters. The minimum Gasteiger partial charge on any atom is -0.351 e. The summed E-state index contributed by atoms with van der Waals surface area (Å²) in [6, 6.07) is 6.61. The van der Waals surface area contributed by atoms with Crippen molar-refractivity contribution < 1.29 is 4.79 Å². The summed E-state index contributed by atoms with van der Waals surface area (Å²) >= 11 is 5.81. The van der Waals surface area contributed by atoms with Gasteiger partial charge in [-0.2, -0.15) is 0 Å². The van der Waals surface area contributed by atoms with Gasteiger partial charge in [-0.25, -0.2) is 0 Å². The molecule has 0 saturated heterocycles. The molecular weight excluding hydrogens is 224 g/mol. The van der Waals surface area contributed by atoms with Gasteiger partial charge in [-0.15, -0.1) is 12.3 Å². The number of rotatable bonds is 4. The smallest absolute Gasteiger partial charge is 0.238 e. The van der Waals surface area contributed by atoms with Crippen molar-refractivity contribution in [1.29, 1.82) is 0 Å². The number of nitrogens with two attached hydrogens (primary N) is 1. The summed E-state index contributed by atoms with van der Waals surface area (Å²) in [5.74, 6) is 2.10. The Balaban J connectivity index is 2.46. The van der Waals surface area contributed by atoms with Crippen LogP contribution in [0.25, 0.3) is 0 Å². The number of benzene rings is 1. The van der Waals surface area contributed by atoms with Crippen LogP contribution in [0.2, 0.25) is 5.02 Å².